The maximum atomic E-state index is 11.7. The fourth-order valence-corrected chi connectivity index (χ4v) is 1.48. The van der Waals surface area contributed by atoms with E-state index in [1.807, 2.05) is 6.92 Å². The van der Waals surface area contributed by atoms with E-state index in [-0.39, 0.29) is 11.5 Å². The Balaban J connectivity index is 2.82. The van der Waals surface area contributed by atoms with Crippen molar-refractivity contribution in [2.45, 2.75) is 25.9 Å². The van der Waals surface area contributed by atoms with Crippen LogP contribution in [0.25, 0.3) is 0 Å². The largest absolute Gasteiger partial charge is 0.508 e. The van der Waals surface area contributed by atoms with E-state index < -0.39 is 6.10 Å². The molecule has 0 saturated heterocycles. The van der Waals surface area contributed by atoms with Gasteiger partial charge in [0.25, 0.3) is 0 Å². The molecule has 1 atom stereocenters. The number of hydrogen-bond acceptors (Lipinski definition) is 3. The third kappa shape index (κ3) is 3.06. The van der Waals surface area contributed by atoms with Crippen LogP contribution in [-0.2, 0) is 9.53 Å². The first-order chi connectivity index (χ1) is 7.19. The van der Waals surface area contributed by atoms with Gasteiger partial charge >= 0.3 is 0 Å². The molecule has 0 spiro atoms. The highest BCUT2D eigenvalue weighted by atomic mass is 16.5. The summed E-state index contributed by atoms with van der Waals surface area (Å²) in [5, 5.41) is 9.13. The van der Waals surface area contributed by atoms with Crippen LogP contribution in [0.4, 0.5) is 0 Å². The molecule has 1 aromatic carbocycles. The average molecular weight is 208 g/mol. The molecule has 0 saturated carbocycles. The number of Topliss-reactive ketones (excluding diaryl/α,β-unsaturated/α-hetero) is 1. The molecule has 0 fully saturated rings. The van der Waals surface area contributed by atoms with Gasteiger partial charge in [-0.05, 0) is 24.1 Å². The van der Waals surface area contributed by atoms with Gasteiger partial charge in [0.1, 0.15) is 11.9 Å². The van der Waals surface area contributed by atoms with Crippen LogP contribution in [0.1, 0.15) is 31.4 Å². The number of ketones is 1. The predicted octanol–water partition coefficient (Wildman–Crippen LogP) is 2.45. The number of ether oxygens (including phenoxy) is 1. The topological polar surface area (TPSA) is 46.5 Å². The first kappa shape index (κ1) is 11.7. The molecule has 0 aliphatic carbocycles. The predicted molar refractivity (Wildman–Crippen MR) is 57.8 cm³/mol. The van der Waals surface area contributed by atoms with E-state index >= 15 is 0 Å². The van der Waals surface area contributed by atoms with Crippen molar-refractivity contribution in [3.8, 4) is 5.75 Å². The number of methoxy groups -OCH3 is 1. The molecule has 0 bridgehead atoms. The van der Waals surface area contributed by atoms with Gasteiger partial charge in [0.15, 0.2) is 5.78 Å². The Morgan fingerprint density at radius 3 is 2.47 bits per heavy atom. The number of hydrogen-bond donors (Lipinski definition) is 1. The molecule has 1 N–H and O–H groups in total. The van der Waals surface area contributed by atoms with E-state index in [9.17, 15) is 4.79 Å². The Kier molecular flexibility index (Phi) is 4.31. The highest BCUT2D eigenvalue weighted by molar-refractivity contribution is 5.84. The minimum absolute atomic E-state index is 0.0747. The molecule has 0 aliphatic heterocycles. The van der Waals surface area contributed by atoms with Crippen LogP contribution < -0.4 is 0 Å². The number of carbonyl (C=O) groups excluding carboxylic acids is 1. The van der Waals surface area contributed by atoms with Crippen LogP contribution in [0.3, 0.4) is 0 Å². The Hall–Kier alpha value is -1.35. The van der Waals surface area contributed by atoms with Crippen LogP contribution >= 0.6 is 0 Å². The number of carbonyl (C=O) groups is 1. The van der Waals surface area contributed by atoms with E-state index in [0.717, 1.165) is 12.0 Å². The summed E-state index contributed by atoms with van der Waals surface area (Å²) < 4.78 is 5.16. The van der Waals surface area contributed by atoms with Crippen LogP contribution in [0.2, 0.25) is 0 Å². The van der Waals surface area contributed by atoms with Gasteiger partial charge < -0.3 is 9.84 Å². The van der Waals surface area contributed by atoms with Crippen molar-refractivity contribution in [2.75, 3.05) is 7.11 Å². The Morgan fingerprint density at radius 2 is 2.00 bits per heavy atom. The number of phenols is 1. The normalized spacial score (nSPS) is 12.4. The van der Waals surface area contributed by atoms with Gasteiger partial charge in [-0.3, -0.25) is 4.79 Å². The molecular weight excluding hydrogens is 192 g/mol. The lowest BCUT2D eigenvalue weighted by atomic mass is 10.0. The molecule has 0 radical (unpaired) electrons. The van der Waals surface area contributed by atoms with Gasteiger partial charge in [-0.25, -0.2) is 0 Å². The van der Waals surface area contributed by atoms with Crippen LogP contribution in [0, 0.1) is 0 Å². The van der Waals surface area contributed by atoms with Crippen molar-refractivity contribution < 1.29 is 14.6 Å². The Bertz CT molecular complexity index is 316. The number of aromatic hydroxyl groups is 1. The van der Waals surface area contributed by atoms with Crippen LogP contribution in [-0.4, -0.2) is 18.0 Å². The molecule has 3 nitrogen and oxygen atoms in total. The second kappa shape index (κ2) is 5.51. The van der Waals surface area contributed by atoms with Crippen LogP contribution in [0.5, 0.6) is 5.75 Å². The smallest absolute Gasteiger partial charge is 0.166 e. The summed E-state index contributed by atoms with van der Waals surface area (Å²) in [6.07, 6.45) is 0.821. The average Bonchev–Trinajstić information content (AvgIpc) is 2.22. The molecule has 0 aliphatic rings. The summed E-state index contributed by atoms with van der Waals surface area (Å²) in [5.41, 5.74) is 0.786. The highest BCUT2D eigenvalue weighted by Gasteiger charge is 2.18. The summed E-state index contributed by atoms with van der Waals surface area (Å²) in [6, 6.07) is 6.52. The standard InChI is InChI=1S/C12H16O3/c1-3-4-11(14)12(15-2)9-5-7-10(13)8-6-9/h5-8,12-13H,3-4H2,1-2H3. The van der Waals surface area contributed by atoms with Gasteiger partial charge in [0.05, 0.1) is 0 Å². The van der Waals surface area contributed by atoms with E-state index in [1.54, 1.807) is 24.3 Å². The summed E-state index contributed by atoms with van der Waals surface area (Å²) >= 11 is 0. The zero-order valence-electron chi connectivity index (χ0n) is 9.06. The first-order valence-electron chi connectivity index (χ1n) is 5.03. The molecule has 3 heteroatoms. The summed E-state index contributed by atoms with van der Waals surface area (Å²) in [4.78, 5) is 11.7. The van der Waals surface area contributed by atoms with Crippen molar-refractivity contribution in [1.82, 2.24) is 0 Å². The lowest BCUT2D eigenvalue weighted by Gasteiger charge is -2.14. The minimum atomic E-state index is -0.509. The molecule has 0 heterocycles. The van der Waals surface area contributed by atoms with Crippen molar-refractivity contribution >= 4 is 5.78 Å². The molecule has 82 valence electrons. The molecule has 0 amide bonds. The van der Waals surface area contributed by atoms with Gasteiger partial charge in [-0.2, -0.15) is 0 Å². The Morgan fingerprint density at radius 1 is 1.40 bits per heavy atom. The molecule has 1 rings (SSSR count). The quantitative estimate of drug-likeness (QED) is 0.808. The summed E-state index contributed by atoms with van der Waals surface area (Å²) in [5.74, 6) is 0.266. The molecule has 0 aromatic heterocycles. The van der Waals surface area contributed by atoms with Crippen molar-refractivity contribution in [3.05, 3.63) is 29.8 Å². The molecular formula is C12H16O3. The lowest BCUT2D eigenvalue weighted by Crippen LogP contribution is -2.13. The second-order valence-corrected chi connectivity index (χ2v) is 3.42. The SMILES string of the molecule is CCCC(=O)C(OC)c1ccc(O)cc1. The molecule has 15 heavy (non-hydrogen) atoms. The zero-order chi connectivity index (χ0) is 11.3. The van der Waals surface area contributed by atoms with Crippen molar-refractivity contribution in [3.63, 3.8) is 0 Å². The third-order valence-electron chi connectivity index (χ3n) is 2.22. The lowest BCUT2D eigenvalue weighted by molar-refractivity contribution is -0.129. The monoisotopic (exact) mass is 208 g/mol. The second-order valence-electron chi connectivity index (χ2n) is 3.42. The van der Waals surface area contributed by atoms with E-state index in [0.29, 0.717) is 6.42 Å². The maximum absolute atomic E-state index is 11.7. The number of rotatable bonds is 5. The number of phenolic OH excluding ortho intramolecular Hbond substituents is 1. The first-order valence-corrected chi connectivity index (χ1v) is 5.03. The molecule has 1 aromatic rings. The van der Waals surface area contributed by atoms with Crippen molar-refractivity contribution in [1.29, 1.82) is 0 Å². The van der Waals surface area contributed by atoms with E-state index in [1.165, 1.54) is 7.11 Å². The van der Waals surface area contributed by atoms with Crippen molar-refractivity contribution in [2.24, 2.45) is 0 Å². The minimum Gasteiger partial charge on any atom is -0.508 e. The fourth-order valence-electron chi connectivity index (χ4n) is 1.48. The summed E-state index contributed by atoms with van der Waals surface area (Å²) in [6.45, 7) is 1.96. The van der Waals surface area contributed by atoms with Gasteiger partial charge in [-0.15, -0.1) is 0 Å². The Labute approximate surface area is 89.7 Å². The van der Waals surface area contributed by atoms with E-state index in [2.05, 4.69) is 0 Å². The maximum Gasteiger partial charge on any atom is 0.166 e. The van der Waals surface area contributed by atoms with Gasteiger partial charge in [0.2, 0.25) is 0 Å². The van der Waals surface area contributed by atoms with Crippen LogP contribution in [0.15, 0.2) is 24.3 Å². The fraction of sp³-hybridized carbons (Fsp3) is 0.417. The van der Waals surface area contributed by atoms with Gasteiger partial charge in [0, 0.05) is 13.5 Å². The molecule has 1 unspecified atom stereocenters. The van der Waals surface area contributed by atoms with E-state index in [4.69, 9.17) is 9.84 Å². The number of benzene rings is 1. The third-order valence-corrected chi connectivity index (χ3v) is 2.22. The zero-order valence-corrected chi connectivity index (χ0v) is 9.06. The summed E-state index contributed by atoms with van der Waals surface area (Å²) in [7, 11) is 1.52. The highest BCUT2D eigenvalue weighted by Crippen LogP contribution is 2.21. The van der Waals surface area contributed by atoms with Gasteiger partial charge in [-0.1, -0.05) is 19.1 Å².